The number of carboxylic acids is 1. The molecule has 1 aromatic rings. The van der Waals surface area contributed by atoms with Crippen molar-refractivity contribution < 1.29 is 9.90 Å². The Hall–Kier alpha value is -0.550. The lowest BCUT2D eigenvalue weighted by Crippen LogP contribution is -1.94. The van der Waals surface area contributed by atoms with Crippen molar-refractivity contribution in [2.75, 3.05) is 5.75 Å². The van der Waals surface area contributed by atoms with Crippen molar-refractivity contribution in [3.8, 4) is 0 Å². The summed E-state index contributed by atoms with van der Waals surface area (Å²) in [5, 5.41) is 8.77. The number of carbonyl (C=O) groups is 1. The van der Waals surface area contributed by atoms with Crippen molar-refractivity contribution in [1.82, 2.24) is 4.98 Å². The van der Waals surface area contributed by atoms with E-state index in [4.69, 9.17) is 5.11 Å². The van der Waals surface area contributed by atoms with E-state index in [0.29, 0.717) is 10.6 Å². The van der Waals surface area contributed by atoms with E-state index in [1.165, 1.54) is 11.3 Å². The summed E-state index contributed by atoms with van der Waals surface area (Å²) >= 11 is 2.88. The van der Waals surface area contributed by atoms with Gasteiger partial charge in [-0.3, -0.25) is 0 Å². The van der Waals surface area contributed by atoms with E-state index in [1.54, 1.807) is 18.7 Å². The van der Waals surface area contributed by atoms with Crippen LogP contribution in [0.3, 0.4) is 0 Å². The fourth-order valence-corrected chi connectivity index (χ4v) is 2.77. The van der Waals surface area contributed by atoms with E-state index >= 15 is 0 Å². The Balaban J connectivity index is 2.76. The summed E-state index contributed by atoms with van der Waals surface area (Å²) in [7, 11) is 0. The van der Waals surface area contributed by atoms with Gasteiger partial charge in [0.25, 0.3) is 0 Å². The standard InChI is InChI=1S/C8H11NO2S2/c1-3-4-12-8-9-5(2)6(13-8)7(10)11/h3-4H2,1-2H3,(H,10,11). The molecule has 1 heterocycles. The van der Waals surface area contributed by atoms with Crippen LogP contribution in [0.25, 0.3) is 0 Å². The maximum absolute atomic E-state index is 10.7. The Morgan fingerprint density at radius 3 is 2.85 bits per heavy atom. The van der Waals surface area contributed by atoms with E-state index in [2.05, 4.69) is 11.9 Å². The average molecular weight is 217 g/mol. The molecule has 0 aliphatic rings. The maximum Gasteiger partial charge on any atom is 0.347 e. The Kier molecular flexibility index (Phi) is 3.74. The number of thiazole rings is 1. The highest BCUT2D eigenvalue weighted by Crippen LogP contribution is 2.27. The van der Waals surface area contributed by atoms with Crippen molar-refractivity contribution in [1.29, 1.82) is 0 Å². The van der Waals surface area contributed by atoms with Crippen molar-refractivity contribution in [3.05, 3.63) is 10.6 Å². The number of aryl methyl sites for hydroxylation is 1. The van der Waals surface area contributed by atoms with E-state index in [-0.39, 0.29) is 0 Å². The summed E-state index contributed by atoms with van der Waals surface area (Å²) in [5.74, 6) is 0.116. The number of aromatic carboxylic acids is 1. The molecule has 72 valence electrons. The SMILES string of the molecule is CCCSc1nc(C)c(C(=O)O)s1. The van der Waals surface area contributed by atoms with Crippen molar-refractivity contribution in [2.45, 2.75) is 24.6 Å². The van der Waals surface area contributed by atoms with Crippen molar-refractivity contribution in [3.63, 3.8) is 0 Å². The van der Waals surface area contributed by atoms with Crippen LogP contribution in [0.1, 0.15) is 28.7 Å². The molecule has 1 N–H and O–H groups in total. The topological polar surface area (TPSA) is 50.2 Å². The van der Waals surface area contributed by atoms with E-state index in [1.807, 2.05) is 0 Å². The second-order valence-electron chi connectivity index (χ2n) is 2.55. The highest BCUT2D eigenvalue weighted by atomic mass is 32.2. The van der Waals surface area contributed by atoms with Gasteiger partial charge in [0.15, 0.2) is 4.34 Å². The van der Waals surface area contributed by atoms with Gasteiger partial charge in [-0.1, -0.05) is 18.7 Å². The van der Waals surface area contributed by atoms with Crippen LogP contribution in [-0.2, 0) is 0 Å². The minimum Gasteiger partial charge on any atom is -0.477 e. The zero-order chi connectivity index (χ0) is 9.84. The van der Waals surface area contributed by atoms with Crippen molar-refractivity contribution in [2.24, 2.45) is 0 Å². The molecule has 1 aromatic heterocycles. The molecule has 0 aromatic carbocycles. The van der Waals surface area contributed by atoms with Crippen LogP contribution in [0.2, 0.25) is 0 Å². The predicted molar refractivity (Wildman–Crippen MR) is 54.8 cm³/mol. The molecule has 0 unspecified atom stereocenters. The number of carboxylic acid groups (broad SMARTS) is 1. The number of thioether (sulfide) groups is 1. The number of nitrogens with zero attached hydrogens (tertiary/aromatic N) is 1. The summed E-state index contributed by atoms with van der Waals surface area (Å²) in [6.45, 7) is 3.82. The van der Waals surface area contributed by atoms with E-state index in [0.717, 1.165) is 16.5 Å². The molecule has 1 rings (SSSR count). The molecular weight excluding hydrogens is 206 g/mol. The van der Waals surface area contributed by atoms with Gasteiger partial charge in [0.1, 0.15) is 4.88 Å². The molecule has 5 heteroatoms. The van der Waals surface area contributed by atoms with Crippen LogP contribution in [0.15, 0.2) is 4.34 Å². The smallest absolute Gasteiger partial charge is 0.347 e. The Morgan fingerprint density at radius 2 is 2.38 bits per heavy atom. The number of aromatic nitrogens is 1. The average Bonchev–Trinajstić information content (AvgIpc) is 2.43. The van der Waals surface area contributed by atoms with Crippen LogP contribution >= 0.6 is 23.1 Å². The lowest BCUT2D eigenvalue weighted by Gasteiger charge is -1.89. The van der Waals surface area contributed by atoms with Gasteiger partial charge in [-0.2, -0.15) is 0 Å². The molecule has 0 fully saturated rings. The van der Waals surface area contributed by atoms with Crippen LogP contribution in [0.5, 0.6) is 0 Å². The van der Waals surface area contributed by atoms with Gasteiger partial charge >= 0.3 is 5.97 Å². The minimum atomic E-state index is -0.877. The number of rotatable bonds is 4. The first kappa shape index (κ1) is 10.5. The lowest BCUT2D eigenvalue weighted by molar-refractivity contribution is 0.0701. The van der Waals surface area contributed by atoms with Gasteiger partial charge in [-0.25, -0.2) is 9.78 Å². The molecule has 0 spiro atoms. The molecule has 0 saturated heterocycles. The molecule has 0 aliphatic heterocycles. The first-order chi connectivity index (χ1) is 6.15. The monoisotopic (exact) mass is 217 g/mol. The largest absolute Gasteiger partial charge is 0.477 e. The normalized spacial score (nSPS) is 10.3. The fourth-order valence-electron chi connectivity index (χ4n) is 0.821. The number of hydrogen-bond donors (Lipinski definition) is 1. The Labute approximate surface area is 85.2 Å². The molecule has 13 heavy (non-hydrogen) atoms. The third-order valence-electron chi connectivity index (χ3n) is 1.40. The molecular formula is C8H11NO2S2. The molecule has 0 bridgehead atoms. The lowest BCUT2D eigenvalue weighted by atomic mass is 10.4. The highest BCUT2D eigenvalue weighted by molar-refractivity contribution is 8.01. The third kappa shape index (κ3) is 2.70. The van der Waals surface area contributed by atoms with Gasteiger partial charge in [-0.15, -0.1) is 11.3 Å². The van der Waals surface area contributed by atoms with Crippen LogP contribution in [0, 0.1) is 6.92 Å². The summed E-state index contributed by atoms with van der Waals surface area (Å²) in [5.41, 5.74) is 0.621. The highest BCUT2D eigenvalue weighted by Gasteiger charge is 2.13. The zero-order valence-electron chi connectivity index (χ0n) is 7.53. The van der Waals surface area contributed by atoms with Crippen LogP contribution in [-0.4, -0.2) is 21.8 Å². The quantitative estimate of drug-likeness (QED) is 0.788. The van der Waals surface area contributed by atoms with E-state index < -0.39 is 5.97 Å². The molecule has 0 amide bonds. The van der Waals surface area contributed by atoms with Crippen LogP contribution < -0.4 is 0 Å². The first-order valence-electron chi connectivity index (χ1n) is 3.98. The third-order valence-corrected chi connectivity index (χ3v) is 3.90. The van der Waals surface area contributed by atoms with Gasteiger partial charge in [0.2, 0.25) is 0 Å². The molecule has 0 radical (unpaired) electrons. The second-order valence-corrected chi connectivity index (χ2v) is 4.89. The Bertz CT molecular complexity index is 309. The van der Waals surface area contributed by atoms with E-state index in [9.17, 15) is 4.79 Å². The van der Waals surface area contributed by atoms with Gasteiger partial charge in [-0.05, 0) is 13.3 Å². The molecule has 0 saturated carbocycles. The fraction of sp³-hybridized carbons (Fsp3) is 0.500. The summed E-state index contributed by atoms with van der Waals surface area (Å²) in [6, 6.07) is 0. The summed E-state index contributed by atoms with van der Waals surface area (Å²) < 4.78 is 0.858. The van der Waals surface area contributed by atoms with Gasteiger partial charge in [0.05, 0.1) is 5.69 Å². The molecule has 3 nitrogen and oxygen atoms in total. The van der Waals surface area contributed by atoms with Crippen molar-refractivity contribution >= 4 is 29.1 Å². The summed E-state index contributed by atoms with van der Waals surface area (Å²) in [6.07, 6.45) is 1.08. The van der Waals surface area contributed by atoms with Gasteiger partial charge in [0, 0.05) is 5.75 Å². The van der Waals surface area contributed by atoms with Gasteiger partial charge < -0.3 is 5.11 Å². The molecule has 0 aliphatic carbocycles. The first-order valence-corrected chi connectivity index (χ1v) is 5.79. The number of hydrogen-bond acceptors (Lipinski definition) is 4. The predicted octanol–water partition coefficient (Wildman–Crippen LogP) is 2.65. The Morgan fingerprint density at radius 1 is 1.69 bits per heavy atom. The molecule has 0 atom stereocenters. The summed E-state index contributed by atoms with van der Waals surface area (Å²) in [4.78, 5) is 15.2. The second kappa shape index (κ2) is 4.62. The zero-order valence-corrected chi connectivity index (χ0v) is 9.17. The van der Waals surface area contributed by atoms with Crippen LogP contribution in [0.4, 0.5) is 0 Å². The maximum atomic E-state index is 10.7. The minimum absolute atomic E-state index is 0.360.